The van der Waals surface area contributed by atoms with Crippen molar-refractivity contribution >= 4 is 39.6 Å². The van der Waals surface area contributed by atoms with Crippen LogP contribution in [-0.2, 0) is 20.7 Å². The smallest absolute Gasteiger partial charge is 0.345 e. The van der Waals surface area contributed by atoms with Crippen LogP contribution in [0.4, 0.5) is 10.5 Å². The number of carbonyl (C=O) groups excluding carboxylic acids is 2. The molecule has 0 radical (unpaired) electrons. The molecule has 1 unspecified atom stereocenters. The van der Waals surface area contributed by atoms with Crippen molar-refractivity contribution in [3.05, 3.63) is 64.1 Å². The highest BCUT2D eigenvalue weighted by molar-refractivity contribution is 9.10. The highest BCUT2D eigenvalue weighted by Crippen LogP contribution is 2.42. The minimum absolute atomic E-state index is 0.0816. The Morgan fingerprint density at radius 3 is 2.46 bits per heavy atom. The zero-order valence-corrected chi connectivity index (χ0v) is 21.7. The van der Waals surface area contributed by atoms with E-state index < -0.39 is 17.7 Å². The number of fused-ring (bicyclic) bond motifs is 1. The first-order valence-electron chi connectivity index (χ1n) is 11.8. The molecule has 3 N–H and O–H groups in total. The van der Waals surface area contributed by atoms with Gasteiger partial charge in [-0.15, -0.1) is 0 Å². The molecule has 0 bridgehead atoms. The fraction of sp³-hybridized carbons (Fsp3) is 0.423. The number of aryl methyl sites for hydroxylation is 1. The molecular weight excluding hydrogens is 514 g/mol. The summed E-state index contributed by atoms with van der Waals surface area (Å²) in [5.74, 6) is -1.55. The summed E-state index contributed by atoms with van der Waals surface area (Å²) in [4.78, 5) is 41.0. The van der Waals surface area contributed by atoms with E-state index in [-0.39, 0.29) is 31.4 Å². The van der Waals surface area contributed by atoms with Crippen LogP contribution in [0.2, 0.25) is 0 Å². The Hall–Kier alpha value is -2.91. The first-order chi connectivity index (χ1) is 16.8. The molecule has 8 nitrogen and oxygen atoms in total. The molecule has 188 valence electrons. The average Bonchev–Trinajstić information content (AvgIpc) is 2.85. The number of carboxylic acids is 1. The van der Waals surface area contributed by atoms with Crippen molar-refractivity contribution in [2.24, 2.45) is 5.73 Å². The number of esters is 1. The number of benzene rings is 2. The summed E-state index contributed by atoms with van der Waals surface area (Å²) in [6.07, 6.45) is 3.09. The first kappa shape index (κ1) is 26.7. The molecule has 0 saturated heterocycles. The minimum atomic E-state index is -1.77. The van der Waals surface area contributed by atoms with Crippen molar-refractivity contribution in [2.45, 2.75) is 57.2 Å². The number of aliphatic carboxylic acids is 1. The molecule has 2 amide bonds. The average molecular weight is 546 g/mol. The van der Waals surface area contributed by atoms with E-state index in [4.69, 9.17) is 10.5 Å². The number of hydrogen-bond acceptors (Lipinski definition) is 5. The van der Waals surface area contributed by atoms with Crippen molar-refractivity contribution in [2.75, 3.05) is 18.6 Å². The summed E-state index contributed by atoms with van der Waals surface area (Å²) in [7, 11) is 1.33. The Balaban J connectivity index is 2.18. The third kappa shape index (κ3) is 5.51. The van der Waals surface area contributed by atoms with E-state index in [0.29, 0.717) is 12.1 Å². The monoisotopic (exact) mass is 545 g/mol. The molecule has 0 heterocycles. The number of amides is 2. The maximum absolute atomic E-state index is 13.2. The normalized spacial score (nSPS) is 16.7. The number of hydrogen-bond donors (Lipinski definition) is 2. The Labute approximate surface area is 214 Å². The summed E-state index contributed by atoms with van der Waals surface area (Å²) >= 11 is 3.39. The van der Waals surface area contributed by atoms with Gasteiger partial charge in [-0.1, -0.05) is 47.1 Å². The fourth-order valence-electron chi connectivity index (χ4n) is 5.12. The predicted octanol–water partition coefficient (Wildman–Crippen LogP) is 4.86. The molecule has 0 saturated carbocycles. The number of anilines is 1. The maximum Gasteiger partial charge on any atom is 0.345 e. The number of methoxy groups -OCH3 is 1. The topological polar surface area (TPSA) is 113 Å². The second-order valence-electron chi connectivity index (χ2n) is 8.61. The fourth-order valence-corrected chi connectivity index (χ4v) is 5.38. The number of rotatable bonds is 10. The van der Waals surface area contributed by atoms with Crippen LogP contribution < -0.4 is 10.6 Å². The zero-order chi connectivity index (χ0) is 25.6. The van der Waals surface area contributed by atoms with Crippen LogP contribution in [0.15, 0.2) is 53.0 Å². The molecule has 1 aliphatic rings. The standard InChI is InChI=1S/C26H32BrN3O5/c1-3-26(24(32)33,30(25(28)34)20-15-13-19(27)14-16-20)29(17-7-12-23(31)35-2)22-11-6-9-18-8-4-5-10-21(18)22/h4-5,8,10,13-16,22H,3,6-7,9,11-12,17H2,1-2H3,(H2,28,34)(H,32,33)/t22?,26-/m0/s1. The Bertz CT molecular complexity index is 1060. The second kappa shape index (κ2) is 11.7. The van der Waals surface area contributed by atoms with Crippen LogP contribution in [0, 0.1) is 0 Å². The van der Waals surface area contributed by atoms with Crippen LogP contribution >= 0.6 is 15.9 Å². The van der Waals surface area contributed by atoms with E-state index in [1.165, 1.54) is 12.0 Å². The summed E-state index contributed by atoms with van der Waals surface area (Å²) in [6.45, 7) is 2.00. The molecule has 2 aromatic rings. The van der Waals surface area contributed by atoms with Gasteiger partial charge in [0.2, 0.25) is 5.66 Å². The van der Waals surface area contributed by atoms with E-state index in [1.54, 1.807) is 31.2 Å². The van der Waals surface area contributed by atoms with Gasteiger partial charge in [0.1, 0.15) is 0 Å². The quantitative estimate of drug-likeness (QED) is 0.325. The highest BCUT2D eigenvalue weighted by Gasteiger charge is 2.53. The molecule has 0 aromatic heterocycles. The highest BCUT2D eigenvalue weighted by atomic mass is 79.9. The van der Waals surface area contributed by atoms with Gasteiger partial charge in [-0.25, -0.2) is 9.59 Å². The van der Waals surface area contributed by atoms with Gasteiger partial charge in [0, 0.05) is 29.2 Å². The van der Waals surface area contributed by atoms with Crippen molar-refractivity contribution in [1.29, 1.82) is 0 Å². The summed E-state index contributed by atoms with van der Waals surface area (Å²) in [5.41, 5.74) is 6.68. The Morgan fingerprint density at radius 1 is 1.17 bits per heavy atom. The van der Waals surface area contributed by atoms with Gasteiger partial charge in [-0.05, 0) is 67.5 Å². The lowest BCUT2D eigenvalue weighted by Gasteiger charge is -2.51. The Morgan fingerprint density at radius 2 is 1.86 bits per heavy atom. The number of carboxylic acid groups (broad SMARTS) is 1. The number of primary amides is 1. The molecule has 2 atom stereocenters. The van der Waals surface area contributed by atoms with Crippen molar-refractivity contribution in [1.82, 2.24) is 4.90 Å². The van der Waals surface area contributed by atoms with E-state index in [0.717, 1.165) is 34.9 Å². The van der Waals surface area contributed by atoms with E-state index >= 15 is 0 Å². The van der Waals surface area contributed by atoms with Gasteiger partial charge in [-0.2, -0.15) is 0 Å². The van der Waals surface area contributed by atoms with E-state index in [2.05, 4.69) is 22.0 Å². The Kier molecular flexibility index (Phi) is 8.91. The molecule has 2 aromatic carbocycles. The molecule has 0 fully saturated rings. The first-order valence-corrected chi connectivity index (χ1v) is 12.6. The number of nitrogens with zero attached hydrogens (tertiary/aromatic N) is 2. The van der Waals surface area contributed by atoms with Crippen molar-refractivity contribution < 1.29 is 24.2 Å². The van der Waals surface area contributed by atoms with Crippen LogP contribution in [0.25, 0.3) is 0 Å². The van der Waals surface area contributed by atoms with Crippen molar-refractivity contribution in [3.63, 3.8) is 0 Å². The SMILES string of the molecule is CC[C@@](C(=O)O)(N(C(N)=O)c1ccc(Br)cc1)N(CCCC(=O)OC)C1CCCc2ccccc21. The third-order valence-electron chi connectivity index (χ3n) is 6.71. The predicted molar refractivity (Wildman–Crippen MR) is 137 cm³/mol. The number of halogens is 1. The van der Waals surface area contributed by atoms with Crippen molar-refractivity contribution in [3.8, 4) is 0 Å². The van der Waals surface area contributed by atoms with Gasteiger partial charge in [0.05, 0.1) is 7.11 Å². The van der Waals surface area contributed by atoms with Crippen LogP contribution in [0.5, 0.6) is 0 Å². The molecule has 9 heteroatoms. The van der Waals surface area contributed by atoms with Gasteiger partial charge in [-0.3, -0.25) is 14.6 Å². The number of nitrogens with two attached hydrogens (primary N) is 1. The maximum atomic E-state index is 13.2. The lowest BCUT2D eigenvalue weighted by atomic mass is 9.84. The van der Waals surface area contributed by atoms with Gasteiger partial charge in [0.15, 0.2) is 0 Å². The number of carbonyl (C=O) groups is 3. The molecule has 3 rings (SSSR count). The van der Waals surface area contributed by atoms with E-state index in [9.17, 15) is 19.5 Å². The second-order valence-corrected chi connectivity index (χ2v) is 9.52. The largest absolute Gasteiger partial charge is 0.478 e. The molecule has 1 aliphatic carbocycles. The minimum Gasteiger partial charge on any atom is -0.478 e. The third-order valence-corrected chi connectivity index (χ3v) is 7.24. The molecule has 0 spiro atoms. The lowest BCUT2D eigenvalue weighted by Crippen LogP contribution is -2.69. The molecule has 35 heavy (non-hydrogen) atoms. The van der Waals surface area contributed by atoms with Gasteiger partial charge in [0.25, 0.3) is 0 Å². The molecule has 0 aliphatic heterocycles. The van der Waals surface area contributed by atoms with Crippen LogP contribution in [0.3, 0.4) is 0 Å². The number of urea groups is 1. The zero-order valence-electron chi connectivity index (χ0n) is 20.1. The van der Waals surface area contributed by atoms with Gasteiger partial charge >= 0.3 is 18.0 Å². The lowest BCUT2D eigenvalue weighted by molar-refractivity contribution is -0.154. The van der Waals surface area contributed by atoms with E-state index in [1.807, 2.05) is 23.1 Å². The molecular formula is C26H32BrN3O5. The summed E-state index contributed by atoms with van der Waals surface area (Å²) in [5, 5.41) is 10.8. The summed E-state index contributed by atoms with van der Waals surface area (Å²) in [6, 6.07) is 13.7. The van der Waals surface area contributed by atoms with Crippen LogP contribution in [-0.4, -0.2) is 47.3 Å². The number of ether oxygens (including phenoxy) is 1. The van der Waals surface area contributed by atoms with Gasteiger partial charge < -0.3 is 15.6 Å². The summed E-state index contributed by atoms with van der Waals surface area (Å²) < 4.78 is 5.59. The van der Waals surface area contributed by atoms with Crippen LogP contribution in [0.1, 0.15) is 56.2 Å².